The molecule has 1 aliphatic rings. The van der Waals surface area contributed by atoms with Gasteiger partial charge < -0.3 is 29.3 Å². The Labute approximate surface area is 229 Å². The summed E-state index contributed by atoms with van der Waals surface area (Å²) < 4.78 is 48.7. The standard InChI is InChI=1S/C27H31F2N5O6/c1-26(2,3)40-24(36)27(15-37-4)11-9-18(10-12-27)38-21-8-6-17(14-30-21)31-22(35)23-33-34-25(39-23)32-16-5-7-19(28)20(29)13-16/h5-8,13-14,18H,9-12,15H2,1-4H3,(H,31,35)(H,32,34). The molecule has 0 saturated heterocycles. The number of nitrogens with one attached hydrogen (secondary N) is 2. The van der Waals surface area contributed by atoms with E-state index in [0.29, 0.717) is 37.3 Å². The van der Waals surface area contributed by atoms with Gasteiger partial charge in [-0.05, 0) is 64.7 Å². The number of halogens is 2. The van der Waals surface area contributed by atoms with E-state index in [2.05, 4.69) is 25.8 Å². The molecule has 2 N–H and O–H groups in total. The molecule has 0 bridgehead atoms. The quantitative estimate of drug-likeness (QED) is 0.343. The molecule has 0 radical (unpaired) electrons. The predicted octanol–water partition coefficient (Wildman–Crippen LogP) is 5.03. The van der Waals surface area contributed by atoms with E-state index >= 15 is 0 Å². The minimum absolute atomic E-state index is 0.140. The van der Waals surface area contributed by atoms with Gasteiger partial charge in [-0.2, -0.15) is 0 Å². The number of hydrogen-bond donors (Lipinski definition) is 2. The highest BCUT2D eigenvalue weighted by molar-refractivity contribution is 6.00. The molecule has 13 heteroatoms. The smallest absolute Gasteiger partial charge is 0.320 e. The molecule has 11 nitrogen and oxygen atoms in total. The van der Waals surface area contributed by atoms with Crippen molar-refractivity contribution in [2.45, 2.75) is 58.2 Å². The number of carbonyl (C=O) groups excluding carboxylic acids is 2. The lowest BCUT2D eigenvalue weighted by atomic mass is 9.73. The number of hydrogen-bond acceptors (Lipinski definition) is 10. The fourth-order valence-electron chi connectivity index (χ4n) is 4.27. The van der Waals surface area contributed by atoms with Gasteiger partial charge in [0.25, 0.3) is 0 Å². The van der Waals surface area contributed by atoms with E-state index in [-0.39, 0.29) is 36.3 Å². The summed E-state index contributed by atoms with van der Waals surface area (Å²) in [5.41, 5.74) is -0.762. The van der Waals surface area contributed by atoms with Crippen molar-refractivity contribution >= 4 is 29.3 Å². The molecule has 40 heavy (non-hydrogen) atoms. The first-order valence-corrected chi connectivity index (χ1v) is 12.7. The highest BCUT2D eigenvalue weighted by atomic mass is 19.2. The third kappa shape index (κ3) is 7.29. The van der Waals surface area contributed by atoms with Gasteiger partial charge in [-0.3, -0.25) is 9.59 Å². The van der Waals surface area contributed by atoms with Gasteiger partial charge in [0.05, 0.1) is 23.9 Å². The van der Waals surface area contributed by atoms with Crippen molar-refractivity contribution in [2.24, 2.45) is 5.41 Å². The average molecular weight is 560 g/mol. The Morgan fingerprint density at radius 3 is 2.42 bits per heavy atom. The van der Waals surface area contributed by atoms with Crippen LogP contribution in [-0.2, 0) is 14.3 Å². The van der Waals surface area contributed by atoms with Crippen molar-refractivity contribution in [3.63, 3.8) is 0 Å². The molecule has 0 spiro atoms. The van der Waals surface area contributed by atoms with E-state index in [1.165, 1.54) is 12.3 Å². The van der Waals surface area contributed by atoms with Crippen LogP contribution >= 0.6 is 0 Å². The van der Waals surface area contributed by atoms with Crippen LogP contribution in [0, 0.1) is 17.0 Å². The molecule has 214 valence electrons. The molecule has 2 heterocycles. The maximum atomic E-state index is 13.4. The molecule has 1 fully saturated rings. The normalized spacial score (nSPS) is 19.1. The second kappa shape index (κ2) is 11.9. The third-order valence-corrected chi connectivity index (χ3v) is 6.21. The summed E-state index contributed by atoms with van der Waals surface area (Å²) in [7, 11) is 1.57. The number of methoxy groups -OCH3 is 1. The summed E-state index contributed by atoms with van der Waals surface area (Å²) in [4.78, 5) is 29.6. The topological polar surface area (TPSA) is 138 Å². The summed E-state index contributed by atoms with van der Waals surface area (Å²) in [5, 5.41) is 12.5. The number of benzene rings is 1. The first-order valence-electron chi connectivity index (χ1n) is 12.7. The van der Waals surface area contributed by atoms with Crippen LogP contribution in [0.2, 0.25) is 0 Å². The minimum Gasteiger partial charge on any atom is -0.474 e. The van der Waals surface area contributed by atoms with Crippen molar-refractivity contribution in [1.82, 2.24) is 15.2 Å². The lowest BCUT2D eigenvalue weighted by molar-refractivity contribution is -0.175. The zero-order chi connectivity index (χ0) is 28.9. The summed E-state index contributed by atoms with van der Waals surface area (Å²) >= 11 is 0. The van der Waals surface area contributed by atoms with E-state index in [9.17, 15) is 18.4 Å². The van der Waals surface area contributed by atoms with Crippen LogP contribution < -0.4 is 15.4 Å². The number of pyridine rings is 1. The maximum Gasteiger partial charge on any atom is 0.320 e. The van der Waals surface area contributed by atoms with Gasteiger partial charge in [-0.25, -0.2) is 13.8 Å². The number of esters is 1. The number of amides is 1. The molecule has 0 atom stereocenters. The first kappa shape index (κ1) is 28.9. The van der Waals surface area contributed by atoms with Gasteiger partial charge in [0, 0.05) is 24.9 Å². The van der Waals surface area contributed by atoms with Gasteiger partial charge in [-0.15, -0.1) is 5.10 Å². The van der Waals surface area contributed by atoms with Gasteiger partial charge in [0.2, 0.25) is 5.88 Å². The fourth-order valence-corrected chi connectivity index (χ4v) is 4.27. The molecule has 4 rings (SSSR count). The van der Waals surface area contributed by atoms with Crippen molar-refractivity contribution in [3.05, 3.63) is 54.1 Å². The lowest BCUT2D eigenvalue weighted by Gasteiger charge is -2.39. The first-order chi connectivity index (χ1) is 19.0. The van der Waals surface area contributed by atoms with Crippen molar-refractivity contribution in [2.75, 3.05) is 24.4 Å². The van der Waals surface area contributed by atoms with Crippen molar-refractivity contribution in [1.29, 1.82) is 0 Å². The highest BCUT2D eigenvalue weighted by Crippen LogP contribution is 2.40. The van der Waals surface area contributed by atoms with Gasteiger partial charge >= 0.3 is 23.8 Å². The zero-order valence-corrected chi connectivity index (χ0v) is 22.6. The monoisotopic (exact) mass is 559 g/mol. The fraction of sp³-hybridized carbons (Fsp3) is 0.444. The van der Waals surface area contributed by atoms with Gasteiger partial charge in [0.1, 0.15) is 11.7 Å². The van der Waals surface area contributed by atoms with Crippen LogP contribution in [0.1, 0.15) is 57.1 Å². The molecule has 1 aromatic carbocycles. The SMILES string of the molecule is COCC1(C(=O)OC(C)(C)C)CCC(Oc2ccc(NC(=O)c3nnc(Nc4ccc(F)c(F)c4)o3)cn2)CC1. The van der Waals surface area contributed by atoms with Crippen LogP contribution in [0.5, 0.6) is 5.88 Å². The molecule has 1 amide bonds. The highest BCUT2D eigenvalue weighted by Gasteiger charge is 2.45. The molecule has 1 aliphatic carbocycles. The maximum absolute atomic E-state index is 13.4. The minimum atomic E-state index is -1.05. The van der Waals surface area contributed by atoms with Crippen molar-refractivity contribution < 1.29 is 37.0 Å². The largest absolute Gasteiger partial charge is 0.474 e. The number of carbonyl (C=O) groups is 2. The molecule has 0 unspecified atom stereocenters. The van der Waals surface area contributed by atoms with Gasteiger partial charge in [-0.1, -0.05) is 5.10 Å². The van der Waals surface area contributed by atoms with Crippen molar-refractivity contribution in [3.8, 4) is 5.88 Å². The second-order valence-electron chi connectivity index (χ2n) is 10.5. The summed E-state index contributed by atoms with van der Waals surface area (Å²) in [6.07, 6.45) is 3.65. The Kier molecular flexibility index (Phi) is 8.62. The van der Waals surface area contributed by atoms with E-state index in [4.69, 9.17) is 18.6 Å². The number of nitrogens with zero attached hydrogens (tertiary/aromatic N) is 3. The second-order valence-corrected chi connectivity index (χ2v) is 10.5. The van der Waals surface area contributed by atoms with Gasteiger partial charge in [0.15, 0.2) is 11.6 Å². The summed E-state index contributed by atoms with van der Waals surface area (Å²) in [5.74, 6) is -2.97. The van der Waals surface area contributed by atoms with E-state index in [0.717, 1.165) is 12.1 Å². The van der Waals surface area contributed by atoms with Crippen LogP contribution in [0.25, 0.3) is 0 Å². The van der Waals surface area contributed by atoms with Crippen LogP contribution in [0.15, 0.2) is 40.9 Å². The Hall–Kier alpha value is -4.13. The van der Waals surface area contributed by atoms with E-state index < -0.39 is 28.6 Å². The Morgan fingerprint density at radius 1 is 1.07 bits per heavy atom. The lowest BCUT2D eigenvalue weighted by Crippen LogP contribution is -2.45. The number of aromatic nitrogens is 3. The zero-order valence-electron chi connectivity index (χ0n) is 22.6. The number of anilines is 3. The van der Waals surface area contributed by atoms with E-state index in [1.54, 1.807) is 19.2 Å². The Balaban J connectivity index is 1.29. The average Bonchev–Trinajstić information content (AvgIpc) is 3.36. The molecule has 3 aromatic rings. The molecular weight excluding hydrogens is 528 g/mol. The van der Waals surface area contributed by atoms with E-state index in [1.807, 2.05) is 20.8 Å². The molecule has 0 aliphatic heterocycles. The number of rotatable bonds is 9. The summed E-state index contributed by atoms with van der Waals surface area (Å²) in [6, 6.07) is 6.18. The van der Waals surface area contributed by atoms with Crippen LogP contribution in [0.3, 0.4) is 0 Å². The summed E-state index contributed by atoms with van der Waals surface area (Å²) in [6.45, 7) is 5.80. The molecular formula is C27H31F2N5O6. The van der Waals surface area contributed by atoms with Crippen LogP contribution in [0.4, 0.5) is 26.2 Å². The van der Waals surface area contributed by atoms with Crippen LogP contribution in [-0.4, -0.2) is 52.5 Å². The number of ether oxygens (including phenoxy) is 3. The molecule has 1 saturated carbocycles. The Bertz CT molecular complexity index is 1330. The third-order valence-electron chi connectivity index (χ3n) is 6.21. The predicted molar refractivity (Wildman–Crippen MR) is 139 cm³/mol. The Morgan fingerprint density at radius 2 is 1.80 bits per heavy atom. The molecule has 2 aromatic heterocycles.